The number of H-pyrrole nitrogens is 1. The summed E-state index contributed by atoms with van der Waals surface area (Å²) in [7, 11) is 0. The van der Waals surface area contributed by atoms with E-state index in [9.17, 15) is 9.90 Å². The van der Waals surface area contributed by atoms with Gasteiger partial charge in [0.15, 0.2) is 0 Å². The van der Waals surface area contributed by atoms with E-state index in [2.05, 4.69) is 19.8 Å². The van der Waals surface area contributed by atoms with Crippen molar-refractivity contribution >= 4 is 34.2 Å². The van der Waals surface area contributed by atoms with E-state index in [1.165, 1.54) is 5.69 Å². The predicted molar refractivity (Wildman–Crippen MR) is 102 cm³/mol. The van der Waals surface area contributed by atoms with E-state index in [1.54, 1.807) is 24.5 Å². The highest BCUT2D eigenvalue weighted by atomic mass is 35.5. The van der Waals surface area contributed by atoms with E-state index in [0.29, 0.717) is 22.5 Å². The van der Waals surface area contributed by atoms with Crippen LogP contribution >= 0.6 is 11.6 Å². The number of rotatable bonds is 4. The van der Waals surface area contributed by atoms with E-state index in [1.807, 2.05) is 18.2 Å². The molecule has 1 fully saturated rings. The average molecular weight is 371 g/mol. The molecule has 4 rings (SSSR count). The number of aromatic nitrogens is 2. The van der Waals surface area contributed by atoms with E-state index in [4.69, 9.17) is 11.6 Å². The van der Waals surface area contributed by atoms with Crippen LogP contribution in [0, 0.1) is 0 Å². The zero-order valence-electron chi connectivity index (χ0n) is 14.2. The molecule has 1 aliphatic heterocycles. The van der Waals surface area contributed by atoms with Gasteiger partial charge < -0.3 is 15.0 Å². The Morgan fingerprint density at radius 2 is 1.88 bits per heavy atom. The van der Waals surface area contributed by atoms with Crippen LogP contribution in [0.25, 0.3) is 10.9 Å². The minimum absolute atomic E-state index is 0.319. The summed E-state index contributed by atoms with van der Waals surface area (Å²) >= 11 is 6.04. The standard InChI is InChI=1S/C19H19ClN4O2/c20-13-1-2-16-15(11-13)18(19(25)26)17(22-16)12-23-7-9-24(10-8-23)14-3-5-21-6-4-14/h1-6,11,22H,7-10,12H2,(H,25,26). The van der Waals surface area contributed by atoms with Crippen LogP contribution in [-0.4, -0.2) is 52.1 Å². The van der Waals surface area contributed by atoms with Crippen LogP contribution in [0.4, 0.5) is 5.69 Å². The number of aromatic carboxylic acids is 1. The van der Waals surface area contributed by atoms with Gasteiger partial charge in [-0.2, -0.15) is 0 Å². The molecule has 26 heavy (non-hydrogen) atoms. The van der Waals surface area contributed by atoms with Crippen LogP contribution in [0.15, 0.2) is 42.7 Å². The second kappa shape index (κ2) is 6.97. The van der Waals surface area contributed by atoms with E-state index >= 15 is 0 Å². The number of nitrogens with one attached hydrogen (secondary N) is 1. The SMILES string of the molecule is O=C(O)c1c(CN2CCN(c3ccncc3)CC2)[nH]c2ccc(Cl)cc12. The molecule has 6 nitrogen and oxygen atoms in total. The largest absolute Gasteiger partial charge is 0.478 e. The van der Waals surface area contributed by atoms with Crippen molar-refractivity contribution in [2.75, 3.05) is 31.1 Å². The number of nitrogens with zero attached hydrogens (tertiary/aromatic N) is 3. The number of fused-ring (bicyclic) bond motifs is 1. The van der Waals surface area contributed by atoms with Crippen LogP contribution in [0.3, 0.4) is 0 Å². The number of halogens is 1. The molecule has 2 N–H and O–H groups in total. The van der Waals surface area contributed by atoms with Crippen molar-refractivity contribution in [1.29, 1.82) is 0 Å². The van der Waals surface area contributed by atoms with Crippen molar-refractivity contribution in [1.82, 2.24) is 14.9 Å². The maximum atomic E-state index is 11.8. The van der Waals surface area contributed by atoms with Crippen LogP contribution in [-0.2, 0) is 6.54 Å². The van der Waals surface area contributed by atoms with Crippen molar-refractivity contribution in [2.45, 2.75) is 6.54 Å². The van der Waals surface area contributed by atoms with Gasteiger partial charge in [0.05, 0.1) is 5.56 Å². The lowest BCUT2D eigenvalue weighted by Crippen LogP contribution is -2.46. The number of piperazine rings is 1. The lowest BCUT2D eigenvalue weighted by atomic mass is 10.1. The number of carboxylic acid groups (broad SMARTS) is 1. The first-order chi connectivity index (χ1) is 12.6. The summed E-state index contributed by atoms with van der Waals surface area (Å²) in [5.74, 6) is -0.927. The van der Waals surface area contributed by atoms with Gasteiger partial charge in [-0.15, -0.1) is 0 Å². The highest BCUT2D eigenvalue weighted by Crippen LogP contribution is 2.27. The number of benzene rings is 1. The van der Waals surface area contributed by atoms with Gasteiger partial charge in [0.1, 0.15) is 0 Å². The maximum absolute atomic E-state index is 11.8. The first-order valence-electron chi connectivity index (χ1n) is 8.52. The highest BCUT2D eigenvalue weighted by Gasteiger charge is 2.22. The third-order valence-electron chi connectivity index (χ3n) is 4.83. The molecule has 1 aromatic carbocycles. The molecule has 0 spiro atoms. The van der Waals surface area contributed by atoms with Gasteiger partial charge in [0, 0.05) is 72.4 Å². The van der Waals surface area contributed by atoms with Crippen molar-refractivity contribution < 1.29 is 9.90 Å². The molecule has 7 heteroatoms. The minimum atomic E-state index is -0.927. The van der Waals surface area contributed by atoms with Crippen LogP contribution < -0.4 is 4.90 Å². The smallest absolute Gasteiger partial charge is 0.338 e. The van der Waals surface area contributed by atoms with Gasteiger partial charge in [-0.3, -0.25) is 9.88 Å². The van der Waals surface area contributed by atoms with Crippen molar-refractivity contribution in [3.8, 4) is 0 Å². The second-order valence-corrected chi connectivity index (χ2v) is 6.88. The first-order valence-corrected chi connectivity index (χ1v) is 8.90. The number of hydrogen-bond donors (Lipinski definition) is 2. The van der Waals surface area contributed by atoms with Crippen molar-refractivity contribution in [2.24, 2.45) is 0 Å². The monoisotopic (exact) mass is 370 g/mol. The molecule has 1 aliphatic rings. The van der Waals surface area contributed by atoms with Crippen molar-refractivity contribution in [3.63, 3.8) is 0 Å². The summed E-state index contributed by atoms with van der Waals surface area (Å²) in [6.07, 6.45) is 3.60. The average Bonchev–Trinajstić information content (AvgIpc) is 3.00. The molecular weight excluding hydrogens is 352 g/mol. The third-order valence-corrected chi connectivity index (χ3v) is 5.07. The normalized spacial score (nSPS) is 15.5. The third kappa shape index (κ3) is 3.25. The summed E-state index contributed by atoms with van der Waals surface area (Å²) in [5.41, 5.74) is 3.02. The molecule has 0 unspecified atom stereocenters. The van der Waals surface area contributed by atoms with Crippen molar-refractivity contribution in [3.05, 3.63) is 59.0 Å². The molecule has 0 saturated carbocycles. The molecule has 134 valence electrons. The summed E-state index contributed by atoms with van der Waals surface area (Å²) in [6.45, 7) is 4.13. The molecular formula is C19H19ClN4O2. The topological polar surface area (TPSA) is 72.5 Å². The fourth-order valence-corrected chi connectivity index (χ4v) is 3.70. The lowest BCUT2D eigenvalue weighted by molar-refractivity contribution is 0.0696. The van der Waals surface area contributed by atoms with Gasteiger partial charge in [-0.1, -0.05) is 11.6 Å². The summed E-state index contributed by atoms with van der Waals surface area (Å²) < 4.78 is 0. The van der Waals surface area contributed by atoms with Crippen LogP contribution in [0.1, 0.15) is 16.1 Å². The quantitative estimate of drug-likeness (QED) is 0.737. The second-order valence-electron chi connectivity index (χ2n) is 6.44. The maximum Gasteiger partial charge on any atom is 0.338 e. The highest BCUT2D eigenvalue weighted by molar-refractivity contribution is 6.31. The van der Waals surface area contributed by atoms with E-state index < -0.39 is 5.97 Å². The number of anilines is 1. The molecule has 0 bridgehead atoms. The Labute approximate surface area is 156 Å². The van der Waals surface area contributed by atoms with Crippen LogP contribution in [0.5, 0.6) is 0 Å². The Kier molecular flexibility index (Phi) is 4.53. The fraction of sp³-hybridized carbons (Fsp3) is 0.263. The summed E-state index contributed by atoms with van der Waals surface area (Å²) in [4.78, 5) is 23.7. The molecule has 2 aromatic heterocycles. The Bertz CT molecular complexity index is 933. The Morgan fingerprint density at radius 3 is 2.58 bits per heavy atom. The summed E-state index contributed by atoms with van der Waals surface area (Å²) in [6, 6.07) is 9.33. The van der Waals surface area contributed by atoms with Gasteiger partial charge in [0.25, 0.3) is 0 Å². The van der Waals surface area contributed by atoms with Gasteiger partial charge >= 0.3 is 5.97 Å². The molecule has 0 radical (unpaired) electrons. The number of aromatic amines is 1. The predicted octanol–water partition coefficient (Wildman–Crippen LogP) is 3.24. The van der Waals surface area contributed by atoms with E-state index in [0.717, 1.165) is 37.4 Å². The lowest BCUT2D eigenvalue weighted by Gasteiger charge is -2.35. The van der Waals surface area contributed by atoms with Crippen LogP contribution in [0.2, 0.25) is 5.02 Å². The van der Waals surface area contributed by atoms with E-state index in [-0.39, 0.29) is 0 Å². The minimum Gasteiger partial charge on any atom is -0.478 e. The van der Waals surface area contributed by atoms with Gasteiger partial charge in [0.2, 0.25) is 0 Å². The molecule has 1 saturated heterocycles. The number of carboxylic acids is 1. The Balaban J connectivity index is 1.52. The zero-order chi connectivity index (χ0) is 18.1. The first kappa shape index (κ1) is 16.9. The Morgan fingerprint density at radius 1 is 1.15 bits per heavy atom. The molecule has 3 aromatic rings. The van der Waals surface area contributed by atoms with Gasteiger partial charge in [-0.25, -0.2) is 4.79 Å². The molecule has 0 aliphatic carbocycles. The number of pyridine rings is 1. The molecule has 0 atom stereocenters. The van der Waals surface area contributed by atoms with Gasteiger partial charge in [-0.05, 0) is 30.3 Å². The Hall–Kier alpha value is -2.57. The zero-order valence-corrected chi connectivity index (χ0v) is 14.9. The fourth-order valence-electron chi connectivity index (χ4n) is 3.53. The number of carbonyl (C=O) groups is 1. The summed E-state index contributed by atoms with van der Waals surface area (Å²) in [5, 5.41) is 10.9. The number of hydrogen-bond acceptors (Lipinski definition) is 4. The molecule has 3 heterocycles. The molecule has 0 amide bonds.